The van der Waals surface area contributed by atoms with E-state index < -0.39 is 0 Å². The number of rotatable bonds is 6. The second kappa shape index (κ2) is 7.59. The molecule has 1 amide bonds. The summed E-state index contributed by atoms with van der Waals surface area (Å²) < 4.78 is 0. The molecule has 6 rings (SSSR count). The maximum absolute atomic E-state index is 12.9. The minimum absolute atomic E-state index is 0.0281. The number of aromatic nitrogens is 1. The zero-order valence-electron chi connectivity index (χ0n) is 17.5. The molecule has 4 aliphatic carbocycles. The third-order valence-corrected chi connectivity index (χ3v) is 7.63. The molecule has 1 aromatic carbocycles. The second-order valence-electron chi connectivity index (χ2n) is 9.88. The van der Waals surface area contributed by atoms with Crippen LogP contribution in [-0.4, -0.2) is 10.9 Å². The van der Waals surface area contributed by atoms with Crippen LogP contribution in [0.5, 0.6) is 0 Å². The Hall–Kier alpha value is -2.16. The molecule has 4 fully saturated rings. The lowest BCUT2D eigenvalue weighted by Gasteiger charge is -2.56. The number of aryl methyl sites for hydroxylation is 1. The van der Waals surface area contributed by atoms with Gasteiger partial charge in [0.1, 0.15) is 0 Å². The number of amides is 1. The van der Waals surface area contributed by atoms with E-state index in [9.17, 15) is 4.79 Å². The van der Waals surface area contributed by atoms with E-state index in [1.54, 1.807) is 0 Å². The molecule has 4 bridgehead atoms. The van der Waals surface area contributed by atoms with Crippen molar-refractivity contribution in [2.24, 2.45) is 17.8 Å². The third kappa shape index (κ3) is 3.72. The van der Waals surface area contributed by atoms with Crippen molar-refractivity contribution in [3.63, 3.8) is 0 Å². The van der Waals surface area contributed by atoms with E-state index in [0.717, 1.165) is 35.4 Å². The van der Waals surface area contributed by atoms with E-state index in [-0.39, 0.29) is 11.3 Å². The molecule has 2 aromatic rings. The summed E-state index contributed by atoms with van der Waals surface area (Å²) in [5, 5.41) is 3.08. The summed E-state index contributed by atoms with van der Waals surface area (Å²) in [6.07, 6.45) is 13.4. The number of anilines is 1. The molecule has 1 N–H and O–H groups in total. The first-order valence-electron chi connectivity index (χ1n) is 11.5. The molecule has 1 aromatic heterocycles. The minimum atomic E-state index is -0.0281. The maximum atomic E-state index is 12.9. The van der Waals surface area contributed by atoms with Crippen molar-refractivity contribution in [2.75, 3.05) is 5.32 Å². The Morgan fingerprint density at radius 1 is 1.03 bits per heavy atom. The largest absolute Gasteiger partial charge is 0.322 e. The number of unbranched alkanes of at least 4 members (excludes halogenated alkanes) is 1. The summed E-state index contributed by atoms with van der Waals surface area (Å²) in [6.45, 7) is 2.21. The molecule has 0 spiro atoms. The number of carbonyl (C=O) groups excluding carboxylic acids is 1. The van der Waals surface area contributed by atoms with Crippen LogP contribution in [0.15, 0.2) is 42.6 Å². The summed E-state index contributed by atoms with van der Waals surface area (Å²) >= 11 is 0. The van der Waals surface area contributed by atoms with Gasteiger partial charge in [-0.05, 0) is 98.9 Å². The van der Waals surface area contributed by atoms with Crippen molar-refractivity contribution >= 4 is 11.6 Å². The van der Waals surface area contributed by atoms with E-state index in [1.807, 2.05) is 24.4 Å². The Kier molecular flexibility index (Phi) is 4.93. The lowest BCUT2D eigenvalue weighted by Crippen LogP contribution is -2.49. The molecule has 0 aliphatic heterocycles. The number of nitrogens with zero attached hydrogens (tertiary/aromatic N) is 1. The predicted molar refractivity (Wildman–Crippen MR) is 117 cm³/mol. The highest BCUT2D eigenvalue weighted by atomic mass is 16.1. The average Bonchev–Trinajstić information content (AvgIpc) is 2.72. The zero-order valence-corrected chi connectivity index (χ0v) is 17.5. The van der Waals surface area contributed by atoms with Crippen molar-refractivity contribution in [1.29, 1.82) is 0 Å². The van der Waals surface area contributed by atoms with Gasteiger partial charge in [0.15, 0.2) is 0 Å². The minimum Gasteiger partial charge on any atom is -0.322 e. The molecule has 0 saturated heterocycles. The first-order valence-corrected chi connectivity index (χ1v) is 11.5. The lowest BCUT2D eigenvalue weighted by atomic mass is 9.48. The van der Waals surface area contributed by atoms with Crippen LogP contribution in [0.3, 0.4) is 0 Å². The lowest BCUT2D eigenvalue weighted by molar-refractivity contribution is -0.00721. The SMILES string of the molecule is CCCCc1ccc(NC(=O)c2ccnc(C34CC5CC(CC(C5)C3)C4)c2)cc1. The summed E-state index contributed by atoms with van der Waals surface area (Å²) in [5.41, 5.74) is 4.33. The Morgan fingerprint density at radius 3 is 2.31 bits per heavy atom. The second-order valence-corrected chi connectivity index (χ2v) is 9.88. The number of hydrogen-bond donors (Lipinski definition) is 1. The maximum Gasteiger partial charge on any atom is 0.255 e. The van der Waals surface area contributed by atoms with Gasteiger partial charge in [0.2, 0.25) is 0 Å². The summed E-state index contributed by atoms with van der Waals surface area (Å²) in [7, 11) is 0. The number of pyridine rings is 1. The average molecular weight is 389 g/mol. The van der Waals surface area contributed by atoms with Crippen LogP contribution in [-0.2, 0) is 11.8 Å². The van der Waals surface area contributed by atoms with Crippen molar-refractivity contribution in [1.82, 2.24) is 4.98 Å². The number of benzene rings is 1. The van der Waals surface area contributed by atoms with Crippen molar-refractivity contribution in [3.05, 3.63) is 59.4 Å². The fourth-order valence-corrected chi connectivity index (χ4v) is 6.63. The Bertz CT molecular complexity index is 851. The van der Waals surface area contributed by atoms with Crippen LogP contribution in [0.1, 0.15) is 79.9 Å². The molecule has 3 heteroatoms. The monoisotopic (exact) mass is 388 g/mol. The van der Waals surface area contributed by atoms with E-state index in [1.165, 1.54) is 62.6 Å². The Labute approximate surface area is 174 Å². The van der Waals surface area contributed by atoms with E-state index in [4.69, 9.17) is 4.98 Å². The van der Waals surface area contributed by atoms with Gasteiger partial charge in [-0.3, -0.25) is 9.78 Å². The molecular formula is C26H32N2O. The van der Waals surface area contributed by atoms with E-state index in [2.05, 4.69) is 30.4 Å². The van der Waals surface area contributed by atoms with Gasteiger partial charge in [-0.15, -0.1) is 0 Å². The van der Waals surface area contributed by atoms with Gasteiger partial charge < -0.3 is 5.32 Å². The first kappa shape index (κ1) is 18.8. The van der Waals surface area contributed by atoms with Crippen LogP contribution in [0.2, 0.25) is 0 Å². The molecule has 0 atom stereocenters. The third-order valence-electron chi connectivity index (χ3n) is 7.63. The topological polar surface area (TPSA) is 42.0 Å². The highest BCUT2D eigenvalue weighted by molar-refractivity contribution is 6.04. The zero-order chi connectivity index (χ0) is 19.8. The van der Waals surface area contributed by atoms with Gasteiger partial charge in [0, 0.05) is 28.6 Å². The van der Waals surface area contributed by atoms with Crippen LogP contribution >= 0.6 is 0 Å². The fraction of sp³-hybridized carbons (Fsp3) is 0.538. The quantitative estimate of drug-likeness (QED) is 0.645. The molecule has 0 unspecified atom stereocenters. The number of hydrogen-bond acceptors (Lipinski definition) is 2. The Morgan fingerprint density at radius 2 is 1.69 bits per heavy atom. The van der Waals surface area contributed by atoms with Crippen LogP contribution in [0, 0.1) is 17.8 Å². The molecule has 0 radical (unpaired) electrons. The molecule has 152 valence electrons. The standard InChI is InChI=1S/C26H32N2O/c1-2-3-4-18-5-7-23(8-6-18)28-25(29)22-9-10-27-24(14-22)26-15-19-11-20(16-26)13-21(12-19)17-26/h5-10,14,19-21H,2-4,11-13,15-17H2,1H3,(H,28,29). The molecular weight excluding hydrogens is 356 g/mol. The predicted octanol–water partition coefficient (Wildman–Crippen LogP) is 6.14. The van der Waals surface area contributed by atoms with Gasteiger partial charge >= 0.3 is 0 Å². The van der Waals surface area contributed by atoms with Gasteiger partial charge in [0.25, 0.3) is 5.91 Å². The van der Waals surface area contributed by atoms with E-state index in [0.29, 0.717) is 0 Å². The van der Waals surface area contributed by atoms with Crippen LogP contribution < -0.4 is 5.32 Å². The molecule has 1 heterocycles. The molecule has 3 nitrogen and oxygen atoms in total. The highest BCUT2D eigenvalue weighted by Crippen LogP contribution is 2.60. The van der Waals surface area contributed by atoms with Crippen LogP contribution in [0.4, 0.5) is 5.69 Å². The van der Waals surface area contributed by atoms with Crippen LogP contribution in [0.25, 0.3) is 0 Å². The molecule has 4 saturated carbocycles. The summed E-state index contributed by atoms with van der Waals surface area (Å²) in [4.78, 5) is 17.7. The van der Waals surface area contributed by atoms with Gasteiger partial charge in [0.05, 0.1) is 0 Å². The van der Waals surface area contributed by atoms with Gasteiger partial charge in [-0.1, -0.05) is 25.5 Å². The van der Waals surface area contributed by atoms with Gasteiger partial charge in [-0.25, -0.2) is 0 Å². The van der Waals surface area contributed by atoms with E-state index >= 15 is 0 Å². The van der Waals surface area contributed by atoms with Crippen molar-refractivity contribution in [2.45, 2.75) is 70.1 Å². The summed E-state index contributed by atoms with van der Waals surface area (Å²) in [5.74, 6) is 2.62. The first-order chi connectivity index (χ1) is 14.1. The van der Waals surface area contributed by atoms with Crippen molar-refractivity contribution in [3.8, 4) is 0 Å². The van der Waals surface area contributed by atoms with Crippen molar-refractivity contribution < 1.29 is 4.79 Å². The smallest absolute Gasteiger partial charge is 0.255 e. The normalized spacial score (nSPS) is 29.8. The summed E-state index contributed by atoms with van der Waals surface area (Å²) in [6, 6.07) is 12.2. The number of carbonyl (C=O) groups is 1. The molecule has 4 aliphatic rings. The highest BCUT2D eigenvalue weighted by Gasteiger charge is 2.52. The van der Waals surface area contributed by atoms with Gasteiger partial charge in [-0.2, -0.15) is 0 Å². The Balaban J connectivity index is 1.31. The molecule has 29 heavy (non-hydrogen) atoms. The fourth-order valence-electron chi connectivity index (χ4n) is 6.63. The number of nitrogens with one attached hydrogen (secondary N) is 1.